The van der Waals surface area contributed by atoms with Gasteiger partial charge in [0, 0.05) is 24.0 Å². The molecule has 0 N–H and O–H groups in total. The number of imidazole rings is 1. The SMILES string of the molecule is C1CN2CCC12.CCCOc1cccc(-c2cn3ccc(C)cc3n2)c1F. The van der Waals surface area contributed by atoms with Crippen molar-refractivity contribution >= 4 is 5.65 Å². The maximum absolute atomic E-state index is 14.5. The van der Waals surface area contributed by atoms with Gasteiger partial charge >= 0.3 is 0 Å². The van der Waals surface area contributed by atoms with Crippen LogP contribution in [0.4, 0.5) is 4.39 Å². The summed E-state index contributed by atoms with van der Waals surface area (Å²) in [7, 11) is 0. The third kappa shape index (κ3) is 3.69. The molecule has 0 aliphatic carbocycles. The van der Waals surface area contributed by atoms with Gasteiger partial charge in [-0.05, 0) is 69.1 Å². The predicted molar refractivity (Wildman–Crippen MR) is 106 cm³/mol. The normalized spacial score (nSPS) is 16.1. The van der Waals surface area contributed by atoms with Crippen LogP contribution < -0.4 is 4.74 Å². The Kier molecular flexibility index (Phi) is 5.12. The number of aryl methyl sites for hydroxylation is 1. The maximum Gasteiger partial charge on any atom is 0.174 e. The van der Waals surface area contributed by atoms with Crippen LogP contribution in [0.1, 0.15) is 31.7 Å². The second kappa shape index (κ2) is 7.69. The molecule has 0 unspecified atom stereocenters. The standard InChI is InChI=1S/C17H17FN2O.C5H9N/c1-3-9-21-15-6-4-5-13(17(15)18)14-11-20-8-7-12(2)10-16(20)19-14;1-3-6-4-2-5(1)6/h4-8,10-11H,3,9H2,1-2H3;5H,1-4H2. The van der Waals surface area contributed by atoms with E-state index in [2.05, 4.69) is 9.88 Å². The topological polar surface area (TPSA) is 29.8 Å². The Bertz CT molecular complexity index is 918. The van der Waals surface area contributed by atoms with Crippen LogP contribution in [0.25, 0.3) is 16.9 Å². The number of hydrogen-bond donors (Lipinski definition) is 0. The molecule has 27 heavy (non-hydrogen) atoms. The molecule has 0 radical (unpaired) electrons. The minimum atomic E-state index is -0.355. The third-order valence-electron chi connectivity index (χ3n) is 5.33. The van der Waals surface area contributed by atoms with Gasteiger partial charge in [-0.25, -0.2) is 9.37 Å². The van der Waals surface area contributed by atoms with Gasteiger partial charge in [0.15, 0.2) is 11.6 Å². The highest BCUT2D eigenvalue weighted by molar-refractivity contribution is 5.65. The molecule has 2 fully saturated rings. The van der Waals surface area contributed by atoms with E-state index < -0.39 is 0 Å². The molecule has 142 valence electrons. The van der Waals surface area contributed by atoms with E-state index in [1.165, 1.54) is 25.9 Å². The van der Waals surface area contributed by atoms with Crippen LogP contribution in [0, 0.1) is 12.7 Å². The van der Waals surface area contributed by atoms with Crippen LogP contribution in [-0.2, 0) is 0 Å². The van der Waals surface area contributed by atoms with Gasteiger partial charge in [-0.3, -0.25) is 0 Å². The Morgan fingerprint density at radius 3 is 2.63 bits per heavy atom. The molecule has 4 nitrogen and oxygen atoms in total. The molecule has 0 saturated carbocycles. The molecule has 2 saturated heterocycles. The second-order valence-corrected chi connectivity index (χ2v) is 7.33. The first kappa shape index (κ1) is 18.0. The molecule has 1 aromatic carbocycles. The summed E-state index contributed by atoms with van der Waals surface area (Å²) in [5.74, 6) is -0.0753. The van der Waals surface area contributed by atoms with E-state index in [0.29, 0.717) is 17.9 Å². The minimum absolute atomic E-state index is 0.280. The van der Waals surface area contributed by atoms with Gasteiger partial charge in [-0.1, -0.05) is 13.0 Å². The smallest absolute Gasteiger partial charge is 0.174 e. The molecule has 2 aliphatic rings. The number of halogens is 1. The quantitative estimate of drug-likeness (QED) is 0.669. The van der Waals surface area contributed by atoms with E-state index in [1.807, 2.05) is 42.8 Å². The zero-order valence-electron chi connectivity index (χ0n) is 16.0. The fourth-order valence-electron chi connectivity index (χ4n) is 3.49. The number of fused-ring (bicyclic) bond motifs is 2. The van der Waals surface area contributed by atoms with Crippen LogP contribution in [-0.4, -0.2) is 40.0 Å². The van der Waals surface area contributed by atoms with Gasteiger partial charge < -0.3 is 14.0 Å². The van der Waals surface area contributed by atoms with Crippen molar-refractivity contribution in [2.75, 3.05) is 19.7 Å². The van der Waals surface area contributed by atoms with Gasteiger partial charge in [0.1, 0.15) is 5.65 Å². The average molecular weight is 367 g/mol. The molecular weight excluding hydrogens is 341 g/mol. The van der Waals surface area contributed by atoms with E-state index in [1.54, 1.807) is 18.2 Å². The molecule has 3 aromatic rings. The Morgan fingerprint density at radius 2 is 2.00 bits per heavy atom. The Labute approximate surface area is 159 Å². The largest absolute Gasteiger partial charge is 0.491 e. The molecule has 0 amide bonds. The third-order valence-corrected chi connectivity index (χ3v) is 5.33. The van der Waals surface area contributed by atoms with Crippen molar-refractivity contribution in [3.05, 3.63) is 54.1 Å². The lowest BCUT2D eigenvalue weighted by Crippen LogP contribution is -2.57. The molecule has 2 aromatic heterocycles. The van der Waals surface area contributed by atoms with Crippen LogP contribution >= 0.6 is 0 Å². The first-order chi connectivity index (χ1) is 13.2. The van der Waals surface area contributed by atoms with Crippen LogP contribution in [0.15, 0.2) is 42.7 Å². The maximum atomic E-state index is 14.5. The number of benzene rings is 1. The van der Waals surface area contributed by atoms with Crippen molar-refractivity contribution in [3.63, 3.8) is 0 Å². The summed E-state index contributed by atoms with van der Waals surface area (Å²) in [5.41, 5.74) is 3.01. The Morgan fingerprint density at radius 1 is 1.22 bits per heavy atom. The van der Waals surface area contributed by atoms with Gasteiger partial charge in [-0.15, -0.1) is 0 Å². The van der Waals surface area contributed by atoms with Crippen molar-refractivity contribution in [1.29, 1.82) is 0 Å². The summed E-state index contributed by atoms with van der Waals surface area (Å²) in [6.07, 6.45) is 7.57. The number of rotatable bonds is 4. The number of piperidine rings is 1. The Balaban J connectivity index is 0.000000250. The molecular formula is C22H26FN3O. The highest BCUT2D eigenvalue weighted by atomic mass is 19.1. The van der Waals surface area contributed by atoms with Crippen LogP contribution in [0.2, 0.25) is 0 Å². The number of aromatic nitrogens is 2. The Hall–Kier alpha value is -2.40. The molecule has 5 heteroatoms. The highest BCUT2D eigenvalue weighted by Gasteiger charge is 2.34. The summed E-state index contributed by atoms with van der Waals surface area (Å²) in [6, 6.07) is 10.2. The number of nitrogens with zero attached hydrogens (tertiary/aromatic N) is 3. The van der Waals surface area contributed by atoms with Gasteiger partial charge in [0.05, 0.1) is 12.3 Å². The average Bonchev–Trinajstić information content (AvgIpc) is 3.07. The fraction of sp³-hybridized carbons (Fsp3) is 0.409. The summed E-state index contributed by atoms with van der Waals surface area (Å²) in [6.45, 7) is 7.29. The lowest BCUT2D eigenvalue weighted by molar-refractivity contribution is -0.00222. The van der Waals surface area contributed by atoms with Crippen LogP contribution in [0.3, 0.4) is 0 Å². The van der Waals surface area contributed by atoms with Crippen molar-refractivity contribution in [3.8, 4) is 17.0 Å². The predicted octanol–water partition coefficient (Wildman–Crippen LogP) is 4.70. The summed E-state index contributed by atoms with van der Waals surface area (Å²) in [4.78, 5) is 7.02. The van der Waals surface area contributed by atoms with E-state index >= 15 is 0 Å². The van der Waals surface area contributed by atoms with E-state index in [-0.39, 0.29) is 11.6 Å². The second-order valence-electron chi connectivity index (χ2n) is 7.33. The number of hydrogen-bond acceptors (Lipinski definition) is 3. The zero-order valence-corrected chi connectivity index (χ0v) is 16.0. The molecule has 4 heterocycles. The minimum Gasteiger partial charge on any atom is -0.491 e. The molecule has 5 rings (SSSR count). The lowest BCUT2D eigenvalue weighted by Gasteiger charge is -2.50. The van der Waals surface area contributed by atoms with Gasteiger partial charge in [0.2, 0.25) is 0 Å². The monoisotopic (exact) mass is 367 g/mol. The van der Waals surface area contributed by atoms with E-state index in [9.17, 15) is 4.39 Å². The summed E-state index contributed by atoms with van der Waals surface area (Å²) < 4.78 is 21.8. The van der Waals surface area contributed by atoms with Crippen LogP contribution in [0.5, 0.6) is 5.75 Å². The first-order valence-corrected chi connectivity index (χ1v) is 9.77. The fourth-order valence-corrected chi connectivity index (χ4v) is 3.49. The summed E-state index contributed by atoms with van der Waals surface area (Å²) >= 11 is 0. The molecule has 0 spiro atoms. The number of ether oxygens (including phenoxy) is 1. The van der Waals surface area contributed by atoms with Crippen molar-refractivity contribution in [2.45, 2.75) is 39.2 Å². The highest BCUT2D eigenvalue weighted by Crippen LogP contribution is 2.29. The molecule has 2 aliphatic heterocycles. The number of pyridine rings is 1. The van der Waals surface area contributed by atoms with Gasteiger partial charge in [0.25, 0.3) is 0 Å². The summed E-state index contributed by atoms with van der Waals surface area (Å²) in [5, 5.41) is 0. The zero-order chi connectivity index (χ0) is 18.8. The van der Waals surface area contributed by atoms with Crippen molar-refractivity contribution in [1.82, 2.24) is 14.3 Å². The first-order valence-electron chi connectivity index (χ1n) is 9.77. The van der Waals surface area contributed by atoms with E-state index in [0.717, 1.165) is 23.7 Å². The lowest BCUT2D eigenvalue weighted by atomic mass is 9.91. The molecule has 0 atom stereocenters. The van der Waals surface area contributed by atoms with Crippen molar-refractivity contribution < 1.29 is 9.13 Å². The van der Waals surface area contributed by atoms with E-state index in [4.69, 9.17) is 4.74 Å². The van der Waals surface area contributed by atoms with Crippen molar-refractivity contribution in [2.24, 2.45) is 0 Å². The van der Waals surface area contributed by atoms with Gasteiger partial charge in [-0.2, -0.15) is 0 Å². The molecule has 0 bridgehead atoms.